The third kappa shape index (κ3) is 4.81. The molecule has 12 heteroatoms. The maximum absolute atomic E-state index is 13.5. The monoisotopic (exact) mass is 561 g/mol. The van der Waals surface area contributed by atoms with Gasteiger partial charge in [-0.1, -0.05) is 11.6 Å². The molecule has 1 spiro atoms. The van der Waals surface area contributed by atoms with Crippen molar-refractivity contribution in [1.82, 2.24) is 25.2 Å². The van der Waals surface area contributed by atoms with Crippen molar-refractivity contribution in [2.75, 3.05) is 42.5 Å². The lowest BCUT2D eigenvalue weighted by atomic mass is 9.71. The lowest BCUT2D eigenvalue weighted by molar-refractivity contribution is -0.127. The SMILES string of the molecule is Cl.O=C(NC1CCC2(CC1)CCN(c1ccc(F)cc1Cl)C2=O)c1cnn2ccc(N3CCNCC3)nc12. The van der Waals surface area contributed by atoms with E-state index in [1.165, 1.54) is 12.1 Å². The Morgan fingerprint density at radius 1 is 1.13 bits per heavy atom. The van der Waals surface area contributed by atoms with Crippen LogP contribution in [0.15, 0.2) is 36.7 Å². The van der Waals surface area contributed by atoms with E-state index in [1.807, 2.05) is 12.3 Å². The Morgan fingerprint density at radius 2 is 1.89 bits per heavy atom. The van der Waals surface area contributed by atoms with Crippen molar-refractivity contribution >= 4 is 53.0 Å². The Morgan fingerprint density at radius 3 is 2.63 bits per heavy atom. The second-order valence-corrected chi connectivity index (χ2v) is 10.6. The highest BCUT2D eigenvalue weighted by Crippen LogP contribution is 2.47. The predicted octanol–water partition coefficient (Wildman–Crippen LogP) is 3.45. The molecular formula is C26H30Cl2FN7O2. The number of hydrogen-bond donors (Lipinski definition) is 2. The number of benzene rings is 1. The maximum atomic E-state index is 13.5. The molecule has 1 saturated carbocycles. The summed E-state index contributed by atoms with van der Waals surface area (Å²) in [6.07, 6.45) is 6.92. The Labute approximate surface area is 231 Å². The second-order valence-electron chi connectivity index (χ2n) is 10.2. The zero-order valence-corrected chi connectivity index (χ0v) is 22.4. The van der Waals surface area contributed by atoms with Crippen LogP contribution in [-0.2, 0) is 4.79 Å². The van der Waals surface area contributed by atoms with Crippen LogP contribution in [0.25, 0.3) is 5.65 Å². The predicted molar refractivity (Wildman–Crippen MR) is 146 cm³/mol. The van der Waals surface area contributed by atoms with Crippen LogP contribution in [-0.4, -0.2) is 65.2 Å². The highest BCUT2D eigenvalue weighted by Gasteiger charge is 2.49. The molecule has 2 aliphatic heterocycles. The summed E-state index contributed by atoms with van der Waals surface area (Å²) >= 11 is 6.23. The van der Waals surface area contributed by atoms with Gasteiger partial charge >= 0.3 is 0 Å². The third-order valence-electron chi connectivity index (χ3n) is 8.03. The number of amides is 2. The summed E-state index contributed by atoms with van der Waals surface area (Å²) in [4.78, 5) is 35.2. The fourth-order valence-electron chi connectivity index (χ4n) is 5.88. The van der Waals surface area contributed by atoms with Crippen LogP contribution in [0.3, 0.4) is 0 Å². The minimum absolute atomic E-state index is 0. The Balaban J connectivity index is 0.00000294. The van der Waals surface area contributed by atoms with Gasteiger partial charge in [0, 0.05) is 45.0 Å². The van der Waals surface area contributed by atoms with Gasteiger partial charge in [-0.25, -0.2) is 13.9 Å². The van der Waals surface area contributed by atoms with Gasteiger partial charge in [0.25, 0.3) is 5.91 Å². The topological polar surface area (TPSA) is 94.9 Å². The summed E-state index contributed by atoms with van der Waals surface area (Å²) in [6.45, 7) is 4.10. The van der Waals surface area contributed by atoms with Gasteiger partial charge < -0.3 is 20.4 Å². The molecule has 2 N–H and O–H groups in total. The molecule has 2 saturated heterocycles. The summed E-state index contributed by atoms with van der Waals surface area (Å²) < 4.78 is 15.1. The van der Waals surface area contributed by atoms with Crippen LogP contribution in [0.2, 0.25) is 5.02 Å². The first-order valence-corrected chi connectivity index (χ1v) is 13.2. The van der Waals surface area contributed by atoms with Gasteiger partial charge in [0.15, 0.2) is 5.65 Å². The molecule has 3 aromatic rings. The molecule has 1 aliphatic carbocycles. The Bertz CT molecular complexity index is 1350. The number of piperazine rings is 1. The number of halogens is 3. The quantitative estimate of drug-likeness (QED) is 0.506. The zero-order valence-electron chi connectivity index (χ0n) is 20.8. The van der Waals surface area contributed by atoms with E-state index < -0.39 is 11.2 Å². The van der Waals surface area contributed by atoms with Crippen LogP contribution in [0, 0.1) is 11.2 Å². The molecule has 2 amide bonds. The fourth-order valence-corrected chi connectivity index (χ4v) is 6.15. The maximum Gasteiger partial charge on any atom is 0.256 e. The normalized spacial score (nSPS) is 23.6. The number of aromatic nitrogens is 3. The standard InChI is InChI=1S/C26H29ClFN7O2.ClH/c27-20-15-17(28)1-2-21(20)34-12-8-26(25(34)37)6-3-18(4-7-26)31-24(36)19-16-30-35-11-5-22(32-23(19)35)33-13-9-29-10-14-33;/h1-2,5,11,15-16,18,29H,3-4,6-10,12-14H2,(H,31,36);1H. The lowest BCUT2D eigenvalue weighted by Crippen LogP contribution is -2.44. The smallest absolute Gasteiger partial charge is 0.256 e. The van der Waals surface area contributed by atoms with Crippen molar-refractivity contribution in [3.05, 3.63) is 53.1 Å². The van der Waals surface area contributed by atoms with Gasteiger partial charge in [0.05, 0.1) is 22.3 Å². The number of nitrogens with one attached hydrogen (secondary N) is 2. The van der Waals surface area contributed by atoms with Gasteiger partial charge in [0.1, 0.15) is 17.2 Å². The van der Waals surface area contributed by atoms with Crippen molar-refractivity contribution in [1.29, 1.82) is 0 Å². The Hall–Kier alpha value is -2.95. The number of nitrogens with zero attached hydrogens (tertiary/aromatic N) is 5. The molecule has 0 bridgehead atoms. The molecule has 3 aliphatic rings. The van der Waals surface area contributed by atoms with E-state index >= 15 is 0 Å². The second kappa shape index (κ2) is 10.7. The molecule has 202 valence electrons. The first-order valence-electron chi connectivity index (χ1n) is 12.8. The molecule has 9 nitrogen and oxygen atoms in total. The van der Waals surface area contributed by atoms with Gasteiger partial charge in [-0.3, -0.25) is 9.59 Å². The van der Waals surface area contributed by atoms with E-state index in [0.29, 0.717) is 49.1 Å². The third-order valence-corrected chi connectivity index (χ3v) is 8.33. The van der Waals surface area contributed by atoms with Crippen molar-refractivity contribution in [3.63, 3.8) is 0 Å². The summed E-state index contributed by atoms with van der Waals surface area (Å²) in [5.74, 6) is 0.262. The van der Waals surface area contributed by atoms with Crippen molar-refractivity contribution in [2.24, 2.45) is 5.41 Å². The molecule has 6 rings (SSSR count). The highest BCUT2D eigenvalue weighted by atomic mass is 35.5. The van der Waals surface area contributed by atoms with E-state index in [1.54, 1.807) is 21.7 Å². The average molecular weight is 562 g/mol. The number of rotatable bonds is 4. The highest BCUT2D eigenvalue weighted by molar-refractivity contribution is 6.34. The lowest BCUT2D eigenvalue weighted by Gasteiger charge is -2.36. The van der Waals surface area contributed by atoms with E-state index in [9.17, 15) is 14.0 Å². The molecule has 0 atom stereocenters. The summed E-state index contributed by atoms with van der Waals surface area (Å²) in [5, 5.41) is 11.0. The fraction of sp³-hybridized carbons (Fsp3) is 0.462. The molecule has 0 radical (unpaired) electrons. The number of anilines is 2. The molecule has 2 aromatic heterocycles. The van der Waals surface area contributed by atoms with Crippen molar-refractivity contribution in [2.45, 2.75) is 38.1 Å². The average Bonchev–Trinajstić information content (AvgIpc) is 3.47. The van der Waals surface area contributed by atoms with Crippen LogP contribution in [0.1, 0.15) is 42.5 Å². The van der Waals surface area contributed by atoms with E-state index in [-0.39, 0.29) is 35.3 Å². The minimum Gasteiger partial charge on any atom is -0.354 e. The van der Waals surface area contributed by atoms with Gasteiger partial charge in [-0.2, -0.15) is 5.10 Å². The largest absolute Gasteiger partial charge is 0.354 e. The van der Waals surface area contributed by atoms with Gasteiger partial charge in [0.2, 0.25) is 5.91 Å². The van der Waals surface area contributed by atoms with E-state index in [2.05, 4.69) is 20.6 Å². The van der Waals surface area contributed by atoms with E-state index in [0.717, 1.165) is 38.4 Å². The van der Waals surface area contributed by atoms with Crippen LogP contribution >= 0.6 is 24.0 Å². The van der Waals surface area contributed by atoms with E-state index in [4.69, 9.17) is 16.6 Å². The van der Waals surface area contributed by atoms with Crippen LogP contribution < -0.4 is 20.4 Å². The van der Waals surface area contributed by atoms with Crippen molar-refractivity contribution in [3.8, 4) is 0 Å². The molecule has 3 fully saturated rings. The summed E-state index contributed by atoms with van der Waals surface area (Å²) in [6, 6.07) is 6.03. The molecule has 4 heterocycles. The summed E-state index contributed by atoms with van der Waals surface area (Å²) in [7, 11) is 0. The zero-order chi connectivity index (χ0) is 25.6. The summed E-state index contributed by atoms with van der Waals surface area (Å²) in [5.41, 5.74) is 1.09. The molecular weight excluding hydrogens is 532 g/mol. The first kappa shape index (κ1) is 26.6. The number of fused-ring (bicyclic) bond motifs is 1. The number of carbonyl (C=O) groups excluding carboxylic acids is 2. The number of carbonyl (C=O) groups is 2. The number of hydrogen-bond acceptors (Lipinski definition) is 6. The van der Waals surface area contributed by atoms with Crippen molar-refractivity contribution < 1.29 is 14.0 Å². The molecule has 1 aromatic carbocycles. The minimum atomic E-state index is -0.455. The van der Waals surface area contributed by atoms with Gasteiger partial charge in [-0.05, 0) is 56.4 Å². The van der Waals surface area contributed by atoms with Crippen LogP contribution in [0.4, 0.5) is 15.9 Å². The molecule has 38 heavy (non-hydrogen) atoms. The van der Waals surface area contributed by atoms with Gasteiger partial charge in [-0.15, -0.1) is 12.4 Å². The van der Waals surface area contributed by atoms with Crippen LogP contribution in [0.5, 0.6) is 0 Å². The molecule has 0 unspecified atom stereocenters. The Kier molecular flexibility index (Phi) is 7.48. The first-order chi connectivity index (χ1) is 17.9.